The summed E-state index contributed by atoms with van der Waals surface area (Å²) in [6, 6.07) is 0. The van der Waals surface area contributed by atoms with Crippen LogP contribution in [-0.2, 0) is 23.8 Å². The lowest BCUT2D eigenvalue weighted by atomic mass is 9.46. The normalized spacial score (nSPS) is 42.6. The van der Waals surface area contributed by atoms with E-state index in [1.807, 2.05) is 6.92 Å². The minimum absolute atomic E-state index is 0.0487. The Morgan fingerprint density at radius 3 is 2.54 bits per heavy atom. The molecular formula is C23H36O5. The predicted octanol–water partition coefficient (Wildman–Crippen LogP) is 4.58. The zero-order valence-corrected chi connectivity index (χ0v) is 18.4. The van der Waals surface area contributed by atoms with Crippen LogP contribution in [0.4, 0.5) is 0 Å². The quantitative estimate of drug-likeness (QED) is 0.517. The van der Waals surface area contributed by atoms with Gasteiger partial charge in [-0.15, -0.1) is 0 Å². The summed E-state index contributed by atoms with van der Waals surface area (Å²) in [6.07, 6.45) is 8.60. The van der Waals surface area contributed by atoms with Gasteiger partial charge in [0.15, 0.2) is 0 Å². The average Bonchev–Trinajstić information content (AvgIpc) is 2.97. The van der Waals surface area contributed by atoms with Crippen molar-refractivity contribution < 1.29 is 23.8 Å². The van der Waals surface area contributed by atoms with Crippen LogP contribution in [0.5, 0.6) is 0 Å². The molecule has 1 aliphatic heterocycles. The maximum Gasteiger partial charge on any atom is 0.308 e. The molecule has 0 N–H and O–H groups in total. The third kappa shape index (κ3) is 3.30. The van der Waals surface area contributed by atoms with E-state index < -0.39 is 5.60 Å². The van der Waals surface area contributed by atoms with Gasteiger partial charge >= 0.3 is 11.9 Å². The minimum Gasteiger partial charge on any atom is -0.469 e. The topological polar surface area (TPSA) is 61.8 Å². The lowest BCUT2D eigenvalue weighted by Gasteiger charge is -2.61. The van der Waals surface area contributed by atoms with Crippen molar-refractivity contribution in [2.75, 3.05) is 13.7 Å². The van der Waals surface area contributed by atoms with Crippen molar-refractivity contribution in [2.24, 2.45) is 16.7 Å². The number of allylic oxidation sites excluding steroid dienone is 1. The molecule has 0 bridgehead atoms. The van der Waals surface area contributed by atoms with Gasteiger partial charge in [-0.25, -0.2) is 0 Å². The molecule has 158 valence electrons. The first-order valence-electron chi connectivity index (χ1n) is 10.6. The van der Waals surface area contributed by atoms with Crippen molar-refractivity contribution >= 4 is 11.9 Å². The molecule has 2 aliphatic carbocycles. The first-order chi connectivity index (χ1) is 13.0. The molecule has 3 aliphatic rings. The standard InChI is InChI=1S/C23H36O5/c1-16-8-9-18-20(3,15-27-17(2)24)10-7-11-22(18,5)23(16)13-12-21(4,28-23)14-19(25)26-6/h8,18H,7,9-15H2,1-6H3/t18-,20-,21-,22-,23+/m0/s1. The molecule has 5 heteroatoms. The number of hydrogen-bond donors (Lipinski definition) is 0. The number of ether oxygens (including phenoxy) is 3. The van der Waals surface area contributed by atoms with Gasteiger partial charge in [-0.1, -0.05) is 26.3 Å². The maximum atomic E-state index is 12.0. The molecule has 2 fully saturated rings. The minimum atomic E-state index is -0.503. The van der Waals surface area contributed by atoms with Crippen LogP contribution in [-0.4, -0.2) is 36.9 Å². The van der Waals surface area contributed by atoms with E-state index in [9.17, 15) is 9.59 Å². The summed E-state index contributed by atoms with van der Waals surface area (Å²) in [5.41, 5.74) is 0.310. The van der Waals surface area contributed by atoms with Crippen LogP contribution in [0.15, 0.2) is 11.6 Å². The Kier molecular flexibility index (Phi) is 5.46. The zero-order valence-electron chi connectivity index (χ0n) is 18.4. The van der Waals surface area contributed by atoms with E-state index >= 15 is 0 Å². The van der Waals surface area contributed by atoms with Crippen molar-refractivity contribution in [3.63, 3.8) is 0 Å². The van der Waals surface area contributed by atoms with Gasteiger partial charge in [0.2, 0.25) is 0 Å². The molecule has 0 aromatic carbocycles. The molecule has 5 nitrogen and oxygen atoms in total. The van der Waals surface area contributed by atoms with Crippen molar-refractivity contribution in [1.82, 2.24) is 0 Å². The summed E-state index contributed by atoms with van der Waals surface area (Å²) < 4.78 is 17.3. The summed E-state index contributed by atoms with van der Waals surface area (Å²) in [7, 11) is 1.43. The van der Waals surface area contributed by atoms with Crippen LogP contribution in [0.25, 0.3) is 0 Å². The van der Waals surface area contributed by atoms with Gasteiger partial charge < -0.3 is 14.2 Å². The van der Waals surface area contributed by atoms with Crippen LogP contribution in [0.1, 0.15) is 79.6 Å². The van der Waals surface area contributed by atoms with Crippen molar-refractivity contribution in [1.29, 1.82) is 0 Å². The maximum absolute atomic E-state index is 12.0. The van der Waals surface area contributed by atoms with Gasteiger partial charge in [-0.2, -0.15) is 0 Å². The Balaban J connectivity index is 1.95. The van der Waals surface area contributed by atoms with Gasteiger partial charge in [0.25, 0.3) is 0 Å². The third-order valence-electron chi connectivity index (χ3n) is 8.05. The molecule has 5 atom stereocenters. The number of carbonyl (C=O) groups is 2. The first-order valence-corrected chi connectivity index (χ1v) is 10.6. The fourth-order valence-corrected chi connectivity index (χ4v) is 6.50. The number of esters is 2. The van der Waals surface area contributed by atoms with Crippen LogP contribution in [0.3, 0.4) is 0 Å². The summed E-state index contributed by atoms with van der Waals surface area (Å²) in [6.45, 7) is 10.8. The largest absolute Gasteiger partial charge is 0.469 e. The summed E-state index contributed by atoms with van der Waals surface area (Å²) in [5.74, 6) is -0.0622. The lowest BCUT2D eigenvalue weighted by Crippen LogP contribution is -2.60. The second kappa shape index (κ2) is 7.16. The number of carbonyl (C=O) groups excluding carboxylic acids is 2. The fraction of sp³-hybridized carbons (Fsp3) is 0.826. The SMILES string of the molecule is COC(=O)C[C@]1(C)CC[C@@]2(O1)C(C)=CC[C@H]1[C@](C)(COC(C)=O)CCC[C@@]12C. The van der Waals surface area contributed by atoms with Crippen LogP contribution in [0, 0.1) is 16.7 Å². The van der Waals surface area contributed by atoms with Gasteiger partial charge in [0, 0.05) is 17.8 Å². The van der Waals surface area contributed by atoms with E-state index in [0.29, 0.717) is 12.5 Å². The number of fused-ring (bicyclic) bond motifs is 2. The van der Waals surface area contributed by atoms with Crippen LogP contribution < -0.4 is 0 Å². The first kappa shape index (κ1) is 21.4. The van der Waals surface area contributed by atoms with Crippen molar-refractivity contribution in [3.8, 4) is 0 Å². The molecule has 1 heterocycles. The molecule has 0 aromatic rings. The Hall–Kier alpha value is -1.36. The highest BCUT2D eigenvalue weighted by atomic mass is 16.5. The third-order valence-corrected chi connectivity index (χ3v) is 8.05. The molecule has 28 heavy (non-hydrogen) atoms. The van der Waals surface area contributed by atoms with Gasteiger partial charge in [-0.3, -0.25) is 9.59 Å². The van der Waals surface area contributed by atoms with Crippen LogP contribution in [0.2, 0.25) is 0 Å². The predicted molar refractivity (Wildman–Crippen MR) is 107 cm³/mol. The lowest BCUT2D eigenvalue weighted by molar-refractivity contribution is -0.201. The Labute approximate surface area is 169 Å². The van der Waals surface area contributed by atoms with Crippen LogP contribution >= 0.6 is 0 Å². The Bertz CT molecular complexity index is 684. The van der Waals surface area contributed by atoms with Gasteiger partial charge in [-0.05, 0) is 57.4 Å². The molecule has 0 unspecified atom stereocenters. The molecule has 0 amide bonds. The van der Waals surface area contributed by atoms with E-state index in [0.717, 1.165) is 38.5 Å². The Morgan fingerprint density at radius 2 is 1.89 bits per heavy atom. The second-order valence-electron chi connectivity index (χ2n) is 10.0. The molecule has 3 rings (SSSR count). The monoisotopic (exact) mass is 392 g/mol. The van der Waals surface area contributed by atoms with E-state index in [2.05, 4.69) is 26.8 Å². The molecule has 1 saturated carbocycles. The number of rotatable bonds is 4. The Morgan fingerprint density at radius 1 is 1.18 bits per heavy atom. The van der Waals surface area contributed by atoms with E-state index in [1.54, 1.807) is 0 Å². The van der Waals surface area contributed by atoms with Gasteiger partial charge in [0.1, 0.15) is 0 Å². The molecule has 0 radical (unpaired) electrons. The highest BCUT2D eigenvalue weighted by molar-refractivity contribution is 5.70. The van der Waals surface area contributed by atoms with E-state index in [-0.39, 0.29) is 34.8 Å². The molecular weight excluding hydrogens is 356 g/mol. The zero-order chi connectivity index (χ0) is 20.8. The molecule has 1 spiro atoms. The van der Waals surface area contributed by atoms with Crippen molar-refractivity contribution in [3.05, 3.63) is 11.6 Å². The van der Waals surface area contributed by atoms with E-state index in [4.69, 9.17) is 14.2 Å². The highest BCUT2D eigenvalue weighted by Crippen LogP contribution is 2.66. The summed E-state index contributed by atoms with van der Waals surface area (Å²) in [5, 5.41) is 0. The smallest absolute Gasteiger partial charge is 0.308 e. The number of methoxy groups -OCH3 is 1. The van der Waals surface area contributed by atoms with Crippen molar-refractivity contribution in [2.45, 2.75) is 90.8 Å². The highest BCUT2D eigenvalue weighted by Gasteiger charge is 2.65. The average molecular weight is 393 g/mol. The fourth-order valence-electron chi connectivity index (χ4n) is 6.50. The van der Waals surface area contributed by atoms with E-state index in [1.165, 1.54) is 19.6 Å². The summed E-state index contributed by atoms with van der Waals surface area (Å²) >= 11 is 0. The second-order valence-corrected chi connectivity index (χ2v) is 10.0. The number of hydrogen-bond acceptors (Lipinski definition) is 5. The molecule has 0 aromatic heterocycles. The molecule has 1 saturated heterocycles. The summed E-state index contributed by atoms with van der Waals surface area (Å²) in [4.78, 5) is 23.5. The van der Waals surface area contributed by atoms with Gasteiger partial charge in [0.05, 0.1) is 31.3 Å².